The molecule has 1 amide bonds. The van der Waals surface area contributed by atoms with Crippen molar-refractivity contribution in [2.75, 3.05) is 6.61 Å². The minimum Gasteiger partial charge on any atom is -0.461 e. The molecule has 0 aliphatic carbocycles. The van der Waals surface area contributed by atoms with Crippen molar-refractivity contribution < 1.29 is 19.4 Å². The Morgan fingerprint density at radius 3 is 2.31 bits per heavy atom. The van der Waals surface area contributed by atoms with Crippen LogP contribution in [-0.2, 0) is 14.3 Å². The van der Waals surface area contributed by atoms with Gasteiger partial charge < -0.3 is 15.2 Å². The first-order valence-electron chi connectivity index (χ1n) is 4.02. The molecule has 0 radical (unpaired) electrons. The van der Waals surface area contributed by atoms with Gasteiger partial charge in [0.15, 0.2) is 0 Å². The molecule has 76 valence electrons. The molecule has 0 aliphatic heterocycles. The van der Waals surface area contributed by atoms with Crippen LogP contribution < -0.4 is 5.32 Å². The largest absolute Gasteiger partial charge is 0.461 e. The van der Waals surface area contributed by atoms with Crippen LogP contribution in [0.5, 0.6) is 0 Å². The Morgan fingerprint density at radius 1 is 1.46 bits per heavy atom. The van der Waals surface area contributed by atoms with Gasteiger partial charge in [-0.1, -0.05) is 0 Å². The minimum atomic E-state index is -0.540. The summed E-state index contributed by atoms with van der Waals surface area (Å²) in [6.45, 7) is 3.97. The second kappa shape index (κ2) is 5.53. The Hall–Kier alpha value is -1.10. The topological polar surface area (TPSA) is 75.6 Å². The second-order valence-corrected chi connectivity index (χ2v) is 2.80. The van der Waals surface area contributed by atoms with Crippen LogP contribution in [0.2, 0.25) is 0 Å². The summed E-state index contributed by atoms with van der Waals surface area (Å²) in [5.74, 6) is -0.700. The molecule has 0 bridgehead atoms. The number of hydrogen-bond donors (Lipinski definition) is 2. The summed E-state index contributed by atoms with van der Waals surface area (Å²) in [4.78, 5) is 21.2. The third kappa shape index (κ3) is 5.19. The van der Waals surface area contributed by atoms with Gasteiger partial charge in [-0.25, -0.2) is 0 Å². The summed E-state index contributed by atoms with van der Waals surface area (Å²) in [6, 6.07) is -0.540. The lowest BCUT2D eigenvalue weighted by Crippen LogP contribution is -2.45. The first-order chi connectivity index (χ1) is 5.97. The SMILES string of the molecule is CC(=O)NC(CO)C(C)OC(C)=O. The number of ether oxygens (including phenoxy) is 1. The fraction of sp³-hybridized carbons (Fsp3) is 0.750. The van der Waals surface area contributed by atoms with Gasteiger partial charge in [-0.3, -0.25) is 9.59 Å². The predicted molar refractivity (Wildman–Crippen MR) is 45.9 cm³/mol. The van der Waals surface area contributed by atoms with E-state index >= 15 is 0 Å². The number of hydrogen-bond acceptors (Lipinski definition) is 4. The average molecular weight is 189 g/mol. The molecule has 0 aromatic carbocycles. The number of amides is 1. The highest BCUT2D eigenvalue weighted by molar-refractivity contribution is 5.73. The van der Waals surface area contributed by atoms with Crippen LogP contribution in [0.25, 0.3) is 0 Å². The highest BCUT2D eigenvalue weighted by atomic mass is 16.5. The second-order valence-electron chi connectivity index (χ2n) is 2.80. The molecule has 0 aromatic heterocycles. The molecule has 0 fully saturated rings. The van der Waals surface area contributed by atoms with Gasteiger partial charge in [-0.05, 0) is 6.92 Å². The van der Waals surface area contributed by atoms with Gasteiger partial charge in [-0.15, -0.1) is 0 Å². The van der Waals surface area contributed by atoms with Gasteiger partial charge >= 0.3 is 5.97 Å². The molecule has 2 N–H and O–H groups in total. The van der Waals surface area contributed by atoms with Gasteiger partial charge in [0.1, 0.15) is 6.10 Å². The van der Waals surface area contributed by atoms with Crippen LogP contribution in [-0.4, -0.2) is 35.7 Å². The number of carbonyl (C=O) groups excluding carboxylic acids is 2. The first-order valence-corrected chi connectivity index (χ1v) is 4.02. The molecule has 5 heteroatoms. The summed E-state index contributed by atoms with van der Waals surface area (Å²) in [5.41, 5.74) is 0. The maximum absolute atomic E-state index is 10.6. The van der Waals surface area contributed by atoms with E-state index in [2.05, 4.69) is 5.32 Å². The maximum atomic E-state index is 10.6. The Labute approximate surface area is 77.1 Å². The van der Waals surface area contributed by atoms with E-state index in [1.54, 1.807) is 6.92 Å². The highest BCUT2D eigenvalue weighted by Crippen LogP contribution is 1.98. The van der Waals surface area contributed by atoms with Crippen LogP contribution >= 0.6 is 0 Å². The van der Waals surface area contributed by atoms with E-state index in [-0.39, 0.29) is 12.5 Å². The zero-order chi connectivity index (χ0) is 10.4. The van der Waals surface area contributed by atoms with Crippen LogP contribution in [0.4, 0.5) is 0 Å². The van der Waals surface area contributed by atoms with Gasteiger partial charge in [-0.2, -0.15) is 0 Å². The Kier molecular flexibility index (Phi) is 5.06. The van der Waals surface area contributed by atoms with E-state index in [0.717, 1.165) is 0 Å². The number of aliphatic hydroxyl groups is 1. The van der Waals surface area contributed by atoms with Crippen molar-refractivity contribution in [3.8, 4) is 0 Å². The molecule has 0 aliphatic rings. The van der Waals surface area contributed by atoms with Crippen LogP contribution in [0.1, 0.15) is 20.8 Å². The zero-order valence-electron chi connectivity index (χ0n) is 8.03. The number of carbonyl (C=O) groups is 2. The van der Waals surface area contributed by atoms with Crippen molar-refractivity contribution >= 4 is 11.9 Å². The normalized spacial score (nSPS) is 14.5. The van der Waals surface area contributed by atoms with Gasteiger partial charge in [0, 0.05) is 13.8 Å². The van der Waals surface area contributed by atoms with E-state index < -0.39 is 18.1 Å². The lowest BCUT2D eigenvalue weighted by molar-refractivity contribution is -0.148. The fourth-order valence-electron chi connectivity index (χ4n) is 0.916. The average Bonchev–Trinajstić information content (AvgIpc) is 1.98. The number of nitrogens with one attached hydrogen (secondary N) is 1. The van der Waals surface area contributed by atoms with Gasteiger partial charge in [0.25, 0.3) is 0 Å². The molecule has 2 unspecified atom stereocenters. The van der Waals surface area contributed by atoms with Crippen molar-refractivity contribution in [3.05, 3.63) is 0 Å². The molecule has 13 heavy (non-hydrogen) atoms. The molecular weight excluding hydrogens is 174 g/mol. The number of rotatable bonds is 4. The third-order valence-electron chi connectivity index (χ3n) is 1.50. The maximum Gasteiger partial charge on any atom is 0.302 e. The Morgan fingerprint density at radius 2 is 2.00 bits per heavy atom. The lowest BCUT2D eigenvalue weighted by atomic mass is 10.2. The smallest absolute Gasteiger partial charge is 0.302 e. The minimum absolute atomic E-state index is 0.256. The van der Waals surface area contributed by atoms with Crippen LogP contribution in [0, 0.1) is 0 Å². The molecule has 2 atom stereocenters. The molecule has 0 aromatic rings. The van der Waals surface area contributed by atoms with Crippen LogP contribution in [0.3, 0.4) is 0 Å². The van der Waals surface area contributed by atoms with Crippen LogP contribution in [0.15, 0.2) is 0 Å². The van der Waals surface area contributed by atoms with Gasteiger partial charge in [0.05, 0.1) is 12.6 Å². The first kappa shape index (κ1) is 11.9. The van der Waals surface area contributed by atoms with Gasteiger partial charge in [0.2, 0.25) is 5.91 Å². The van der Waals surface area contributed by atoms with E-state index in [1.807, 2.05) is 0 Å². The van der Waals surface area contributed by atoms with E-state index in [0.29, 0.717) is 0 Å². The lowest BCUT2D eigenvalue weighted by Gasteiger charge is -2.21. The van der Waals surface area contributed by atoms with Crippen molar-refractivity contribution in [1.82, 2.24) is 5.32 Å². The number of aliphatic hydroxyl groups excluding tert-OH is 1. The Balaban J connectivity index is 4.06. The zero-order valence-corrected chi connectivity index (χ0v) is 8.03. The van der Waals surface area contributed by atoms with Crippen molar-refractivity contribution in [2.24, 2.45) is 0 Å². The number of esters is 1. The summed E-state index contributed by atoms with van der Waals surface area (Å²) in [7, 11) is 0. The summed E-state index contributed by atoms with van der Waals surface area (Å²) in [6.07, 6.45) is -0.522. The Bertz CT molecular complexity index is 193. The highest BCUT2D eigenvalue weighted by Gasteiger charge is 2.19. The van der Waals surface area contributed by atoms with Crippen molar-refractivity contribution in [1.29, 1.82) is 0 Å². The van der Waals surface area contributed by atoms with E-state index in [9.17, 15) is 9.59 Å². The molecule has 0 saturated heterocycles. The predicted octanol–water partition coefficient (Wildman–Crippen LogP) is -0.565. The molecule has 0 spiro atoms. The summed E-state index contributed by atoms with van der Waals surface area (Å²) in [5, 5.41) is 11.3. The van der Waals surface area contributed by atoms with E-state index in [1.165, 1.54) is 13.8 Å². The standard InChI is InChI=1S/C8H15NO4/c1-5(13-7(3)12)8(4-10)9-6(2)11/h5,8,10H,4H2,1-3H3,(H,9,11). The molecule has 0 saturated carbocycles. The van der Waals surface area contributed by atoms with Crippen molar-refractivity contribution in [2.45, 2.75) is 32.9 Å². The molecule has 5 nitrogen and oxygen atoms in total. The monoisotopic (exact) mass is 189 g/mol. The molecule has 0 rings (SSSR count). The molecular formula is C8H15NO4. The van der Waals surface area contributed by atoms with E-state index in [4.69, 9.17) is 9.84 Å². The quantitative estimate of drug-likeness (QED) is 0.581. The summed E-state index contributed by atoms with van der Waals surface area (Å²) >= 11 is 0. The molecule has 0 heterocycles. The fourth-order valence-corrected chi connectivity index (χ4v) is 0.916. The van der Waals surface area contributed by atoms with Crippen molar-refractivity contribution in [3.63, 3.8) is 0 Å². The third-order valence-corrected chi connectivity index (χ3v) is 1.50. The summed E-state index contributed by atoms with van der Waals surface area (Å²) < 4.78 is 4.79.